The molecule has 0 fully saturated rings. The number of hydrogen-bond donors (Lipinski definition) is 3. The lowest BCUT2D eigenvalue weighted by molar-refractivity contribution is -0.161. The average molecular weight is 1560 g/mol. The lowest BCUT2D eigenvalue weighted by Gasteiger charge is -2.21. The molecular weight excluding hydrogens is 1390 g/mol. The molecule has 2 unspecified atom stereocenters. The van der Waals surface area contributed by atoms with Crippen LogP contribution in [0.1, 0.15) is 472 Å². The number of hydrogen-bond acceptors (Lipinski definition) is 15. The van der Waals surface area contributed by atoms with Crippen molar-refractivity contribution in [2.24, 2.45) is 11.8 Å². The van der Waals surface area contributed by atoms with Crippen molar-refractivity contribution in [2.75, 3.05) is 39.6 Å². The first-order chi connectivity index (χ1) is 51.9. The van der Waals surface area contributed by atoms with Gasteiger partial charge in [-0.15, -0.1) is 0 Å². The Morgan fingerprint density at radius 2 is 0.430 bits per heavy atom. The first-order valence-corrected chi connectivity index (χ1v) is 48.5. The predicted molar refractivity (Wildman–Crippen MR) is 442 cm³/mol. The summed E-state index contributed by atoms with van der Waals surface area (Å²) in [6.07, 6.45) is 72.5. The van der Waals surface area contributed by atoms with Crippen LogP contribution in [0.2, 0.25) is 0 Å². The number of phosphoric acid groups is 2. The molecule has 0 aliphatic carbocycles. The highest BCUT2D eigenvalue weighted by atomic mass is 31.2. The molecule has 0 aromatic heterocycles. The fourth-order valence-electron chi connectivity index (χ4n) is 13.8. The topological polar surface area (TPSA) is 237 Å². The minimum atomic E-state index is -4.97. The molecule has 0 aliphatic rings. The van der Waals surface area contributed by atoms with Gasteiger partial charge in [0.05, 0.1) is 26.4 Å². The standard InChI is InChI=1S/C88H172O17P2/c1-7-9-11-13-15-16-17-18-19-20-21-22-26-32-37-42-47-53-59-65-71-86(91)99-77-84(105-88(93)73-67-60-54-48-43-38-33-27-24-23-25-30-35-40-45-51-56-62-68-80(3)4)79-103-107(96,97)101-75-82(89)74-100-106(94,95)102-78-83(76-98-85(90)70-64-58-50-14-12-10-8-2)104-87(92)72-66-61-55-49-44-39-34-29-28-31-36-41-46-52-57-63-69-81(5)6/h80-84,89H,7-79H2,1-6H3,(H,94,95)(H,96,97)/t82-,83+,84+/m0/s1. The van der Waals surface area contributed by atoms with Gasteiger partial charge in [-0.1, -0.05) is 420 Å². The van der Waals surface area contributed by atoms with Gasteiger partial charge in [0.15, 0.2) is 12.2 Å². The number of carbonyl (C=O) groups is 4. The molecule has 0 saturated carbocycles. The SMILES string of the molecule is CCCCCCCCCCCCCCCCCCCCCCC(=O)OC[C@H](COP(=O)(O)OC[C@@H](O)COP(=O)(O)OC[C@@H](COC(=O)CCCCCCCCC)OC(=O)CCCCCCCCCCCCCCCCCCC(C)C)OC(=O)CCCCCCCCCCCCCCCCCCCCC(C)C. The Bertz CT molecular complexity index is 2050. The van der Waals surface area contributed by atoms with Crippen LogP contribution in [0.15, 0.2) is 0 Å². The summed E-state index contributed by atoms with van der Waals surface area (Å²) in [6.45, 7) is 9.70. The summed E-state index contributed by atoms with van der Waals surface area (Å²) in [6, 6.07) is 0. The van der Waals surface area contributed by atoms with E-state index in [2.05, 4.69) is 41.5 Å². The summed E-state index contributed by atoms with van der Waals surface area (Å²) in [5.74, 6) is -0.475. The van der Waals surface area contributed by atoms with E-state index < -0.39 is 97.5 Å². The van der Waals surface area contributed by atoms with Crippen molar-refractivity contribution in [3.05, 3.63) is 0 Å². The highest BCUT2D eigenvalue weighted by molar-refractivity contribution is 7.47. The summed E-state index contributed by atoms with van der Waals surface area (Å²) in [4.78, 5) is 73.1. The van der Waals surface area contributed by atoms with Crippen LogP contribution in [0, 0.1) is 11.8 Å². The third kappa shape index (κ3) is 81.9. The minimum Gasteiger partial charge on any atom is -0.462 e. The molecule has 0 aromatic carbocycles. The Morgan fingerprint density at radius 1 is 0.252 bits per heavy atom. The zero-order chi connectivity index (χ0) is 78.5. The summed E-state index contributed by atoms with van der Waals surface area (Å²) in [7, 11) is -9.92. The van der Waals surface area contributed by atoms with E-state index >= 15 is 0 Å². The number of aliphatic hydroxyl groups excluding tert-OH is 1. The molecular formula is C88H172O17P2. The van der Waals surface area contributed by atoms with Crippen LogP contribution >= 0.6 is 15.6 Å². The maximum atomic E-state index is 13.1. The van der Waals surface area contributed by atoms with Crippen LogP contribution in [0.5, 0.6) is 0 Å². The van der Waals surface area contributed by atoms with Crippen molar-refractivity contribution in [1.82, 2.24) is 0 Å². The van der Waals surface area contributed by atoms with Gasteiger partial charge in [-0.05, 0) is 37.5 Å². The van der Waals surface area contributed by atoms with Crippen molar-refractivity contribution in [2.45, 2.75) is 490 Å². The monoisotopic (exact) mass is 1560 g/mol. The molecule has 0 radical (unpaired) electrons. The number of aliphatic hydroxyl groups is 1. The molecule has 0 saturated heterocycles. The van der Waals surface area contributed by atoms with Gasteiger partial charge in [0.25, 0.3) is 0 Å². The van der Waals surface area contributed by atoms with Gasteiger partial charge < -0.3 is 33.8 Å². The largest absolute Gasteiger partial charge is 0.472 e. The van der Waals surface area contributed by atoms with Gasteiger partial charge in [0.2, 0.25) is 0 Å². The van der Waals surface area contributed by atoms with Crippen molar-refractivity contribution in [1.29, 1.82) is 0 Å². The second-order valence-corrected chi connectivity index (χ2v) is 35.5. The second kappa shape index (κ2) is 79.3. The molecule has 0 aromatic rings. The lowest BCUT2D eigenvalue weighted by atomic mass is 10.0. The van der Waals surface area contributed by atoms with E-state index in [0.29, 0.717) is 25.7 Å². The minimum absolute atomic E-state index is 0.108. The molecule has 0 bridgehead atoms. The molecule has 0 rings (SSSR count). The van der Waals surface area contributed by atoms with Crippen LogP contribution in [-0.4, -0.2) is 96.7 Å². The van der Waals surface area contributed by atoms with Gasteiger partial charge in [0, 0.05) is 25.7 Å². The van der Waals surface area contributed by atoms with Gasteiger partial charge >= 0.3 is 39.5 Å². The number of rotatable bonds is 87. The Labute approximate surface area is 658 Å². The highest BCUT2D eigenvalue weighted by Crippen LogP contribution is 2.45. The molecule has 0 spiro atoms. The fraction of sp³-hybridized carbons (Fsp3) is 0.955. The van der Waals surface area contributed by atoms with Crippen molar-refractivity contribution in [3.8, 4) is 0 Å². The number of carbonyl (C=O) groups excluding carboxylic acids is 4. The number of esters is 4. The Morgan fingerprint density at radius 3 is 0.636 bits per heavy atom. The van der Waals surface area contributed by atoms with E-state index in [1.165, 1.54) is 276 Å². The molecule has 636 valence electrons. The summed E-state index contributed by atoms with van der Waals surface area (Å²) in [5, 5.41) is 10.7. The van der Waals surface area contributed by atoms with E-state index in [0.717, 1.165) is 115 Å². The molecule has 107 heavy (non-hydrogen) atoms. The van der Waals surface area contributed by atoms with Gasteiger partial charge in [-0.25, -0.2) is 9.13 Å². The van der Waals surface area contributed by atoms with E-state index in [1.54, 1.807) is 0 Å². The van der Waals surface area contributed by atoms with Gasteiger partial charge in [-0.2, -0.15) is 0 Å². The van der Waals surface area contributed by atoms with Crippen LogP contribution in [0.25, 0.3) is 0 Å². The predicted octanol–water partition coefficient (Wildman–Crippen LogP) is 27.0. The van der Waals surface area contributed by atoms with E-state index in [9.17, 15) is 43.2 Å². The van der Waals surface area contributed by atoms with Crippen LogP contribution in [0.3, 0.4) is 0 Å². The van der Waals surface area contributed by atoms with E-state index in [-0.39, 0.29) is 25.7 Å². The zero-order valence-corrected chi connectivity index (χ0v) is 72.2. The fourth-order valence-corrected chi connectivity index (χ4v) is 15.4. The van der Waals surface area contributed by atoms with E-state index in [4.69, 9.17) is 37.0 Å². The molecule has 0 heterocycles. The second-order valence-electron chi connectivity index (χ2n) is 32.6. The Balaban J connectivity index is 5.15. The molecule has 0 amide bonds. The van der Waals surface area contributed by atoms with Gasteiger partial charge in [-0.3, -0.25) is 37.3 Å². The van der Waals surface area contributed by atoms with Gasteiger partial charge in [0.1, 0.15) is 19.3 Å². The zero-order valence-electron chi connectivity index (χ0n) is 70.5. The average Bonchev–Trinajstić information content (AvgIpc) is 0.903. The van der Waals surface area contributed by atoms with Crippen molar-refractivity contribution in [3.63, 3.8) is 0 Å². The first kappa shape index (κ1) is 105. The Hall–Kier alpha value is -1.94. The van der Waals surface area contributed by atoms with Crippen molar-refractivity contribution >= 4 is 39.5 Å². The molecule has 17 nitrogen and oxygen atoms in total. The van der Waals surface area contributed by atoms with Crippen LogP contribution in [-0.2, 0) is 65.4 Å². The quantitative estimate of drug-likeness (QED) is 0.0222. The summed E-state index contributed by atoms with van der Waals surface area (Å²) >= 11 is 0. The normalized spacial score (nSPS) is 13.8. The smallest absolute Gasteiger partial charge is 0.462 e. The number of ether oxygens (including phenoxy) is 4. The summed E-state index contributed by atoms with van der Waals surface area (Å²) in [5.41, 5.74) is 0. The molecule has 0 aliphatic heterocycles. The summed E-state index contributed by atoms with van der Waals surface area (Å²) < 4.78 is 68.8. The van der Waals surface area contributed by atoms with Crippen LogP contribution < -0.4 is 0 Å². The lowest BCUT2D eigenvalue weighted by Crippen LogP contribution is -2.30. The van der Waals surface area contributed by atoms with Crippen LogP contribution in [0.4, 0.5) is 0 Å². The molecule has 5 atom stereocenters. The number of phosphoric ester groups is 2. The van der Waals surface area contributed by atoms with E-state index in [1.807, 2.05) is 0 Å². The third-order valence-electron chi connectivity index (χ3n) is 20.7. The first-order valence-electron chi connectivity index (χ1n) is 45.5. The maximum absolute atomic E-state index is 13.1. The highest BCUT2D eigenvalue weighted by Gasteiger charge is 2.30. The molecule has 19 heteroatoms. The van der Waals surface area contributed by atoms with Crippen molar-refractivity contribution < 1.29 is 80.2 Å². The third-order valence-corrected chi connectivity index (χ3v) is 22.6. The number of unbranched alkanes of at least 4 members (excludes halogenated alkanes) is 57. The Kier molecular flexibility index (Phi) is 77.9. The maximum Gasteiger partial charge on any atom is 0.472 e. The molecule has 3 N–H and O–H groups in total.